The first-order chi connectivity index (χ1) is 11.1. The molecule has 0 aliphatic heterocycles. The monoisotopic (exact) mass is 334 g/mol. The van der Waals surface area contributed by atoms with Crippen LogP contribution in [0.15, 0.2) is 5.16 Å². The first-order valence-corrected chi connectivity index (χ1v) is 9.27. The molecule has 0 atom stereocenters. The Morgan fingerprint density at radius 2 is 2.00 bits per heavy atom. The molecule has 124 valence electrons. The topological polar surface area (TPSA) is 69.4 Å². The number of nitrogens with zero attached hydrogens (tertiary/aromatic N) is 4. The smallest absolute Gasteiger partial charge is 0.310 e. The molecule has 7 heteroatoms. The summed E-state index contributed by atoms with van der Waals surface area (Å²) in [5, 5.41) is 5.09. The summed E-state index contributed by atoms with van der Waals surface area (Å²) in [6.07, 6.45) is 7.78. The molecule has 0 radical (unpaired) electrons. The van der Waals surface area contributed by atoms with Gasteiger partial charge in [0.2, 0.25) is 5.16 Å². The summed E-state index contributed by atoms with van der Waals surface area (Å²) in [6.45, 7) is 3.85. The molecule has 2 heterocycles. The molecular formula is C16H22N4O2S. The molecule has 0 N–H and O–H groups in total. The Balaban J connectivity index is 1.79. The van der Waals surface area contributed by atoms with Crippen LogP contribution in [0.5, 0.6) is 0 Å². The molecule has 1 saturated carbocycles. The standard InChI is InChI=1S/C16H22N4O2S/c1-10-13(9-14(21)22-12-7-5-4-6-8-12)11(2)20-15(17-10)18-16(19-20)23-3/h12H,4-9H2,1-3H3. The lowest BCUT2D eigenvalue weighted by Crippen LogP contribution is -2.23. The van der Waals surface area contributed by atoms with Crippen LogP contribution < -0.4 is 0 Å². The number of ether oxygens (including phenoxy) is 1. The second-order valence-corrected chi connectivity index (χ2v) is 6.77. The predicted octanol–water partition coefficient (Wildman–Crippen LogP) is 2.88. The Hall–Kier alpha value is -1.63. The third kappa shape index (κ3) is 3.49. The first-order valence-electron chi connectivity index (χ1n) is 8.05. The van der Waals surface area contributed by atoms with E-state index in [1.807, 2.05) is 20.1 Å². The van der Waals surface area contributed by atoms with Crippen LogP contribution in [-0.4, -0.2) is 37.9 Å². The van der Waals surface area contributed by atoms with E-state index in [9.17, 15) is 4.79 Å². The van der Waals surface area contributed by atoms with E-state index in [0.717, 1.165) is 42.6 Å². The Kier molecular flexibility index (Phi) is 4.84. The lowest BCUT2D eigenvalue weighted by atomic mass is 9.98. The largest absolute Gasteiger partial charge is 0.462 e. The fourth-order valence-electron chi connectivity index (χ4n) is 3.09. The van der Waals surface area contributed by atoms with Crippen LogP contribution in [0.25, 0.3) is 5.78 Å². The van der Waals surface area contributed by atoms with E-state index >= 15 is 0 Å². The van der Waals surface area contributed by atoms with Gasteiger partial charge in [0.05, 0.1) is 6.42 Å². The van der Waals surface area contributed by atoms with Crippen LogP contribution >= 0.6 is 11.8 Å². The van der Waals surface area contributed by atoms with Crippen molar-refractivity contribution < 1.29 is 9.53 Å². The lowest BCUT2D eigenvalue weighted by molar-refractivity contribution is -0.149. The molecule has 0 aromatic carbocycles. The van der Waals surface area contributed by atoms with Crippen LogP contribution in [0, 0.1) is 13.8 Å². The zero-order valence-corrected chi connectivity index (χ0v) is 14.7. The molecule has 0 amide bonds. The number of carbonyl (C=O) groups is 1. The fourth-order valence-corrected chi connectivity index (χ4v) is 3.42. The number of thioether (sulfide) groups is 1. The Bertz CT molecular complexity index is 722. The van der Waals surface area contributed by atoms with Gasteiger partial charge < -0.3 is 4.74 Å². The molecule has 2 aromatic heterocycles. The molecular weight excluding hydrogens is 312 g/mol. The van der Waals surface area contributed by atoms with Crippen LogP contribution in [0.3, 0.4) is 0 Å². The van der Waals surface area contributed by atoms with Crippen LogP contribution in [-0.2, 0) is 16.0 Å². The van der Waals surface area contributed by atoms with Gasteiger partial charge in [0, 0.05) is 17.0 Å². The quantitative estimate of drug-likeness (QED) is 0.632. The molecule has 1 aliphatic rings. The van der Waals surface area contributed by atoms with E-state index in [2.05, 4.69) is 15.1 Å². The number of fused-ring (bicyclic) bond motifs is 1. The molecule has 23 heavy (non-hydrogen) atoms. The highest BCUT2D eigenvalue weighted by molar-refractivity contribution is 7.98. The molecule has 2 aromatic rings. The molecule has 0 bridgehead atoms. The summed E-state index contributed by atoms with van der Waals surface area (Å²) >= 11 is 1.48. The van der Waals surface area contributed by atoms with Gasteiger partial charge in [-0.05, 0) is 45.8 Å². The number of esters is 1. The molecule has 3 rings (SSSR count). The summed E-state index contributed by atoms with van der Waals surface area (Å²) in [5.41, 5.74) is 2.60. The average molecular weight is 334 g/mol. The third-order valence-corrected chi connectivity index (χ3v) is 4.92. The van der Waals surface area contributed by atoms with Gasteiger partial charge in [-0.2, -0.15) is 4.98 Å². The van der Waals surface area contributed by atoms with E-state index in [0.29, 0.717) is 10.9 Å². The van der Waals surface area contributed by atoms with Crippen molar-refractivity contribution >= 4 is 23.5 Å². The minimum absolute atomic E-state index is 0.0861. The molecule has 0 saturated heterocycles. The Morgan fingerprint density at radius 1 is 1.26 bits per heavy atom. The summed E-state index contributed by atoms with van der Waals surface area (Å²) in [7, 11) is 0. The van der Waals surface area contributed by atoms with Gasteiger partial charge in [0.15, 0.2) is 0 Å². The van der Waals surface area contributed by atoms with E-state index in [-0.39, 0.29) is 18.5 Å². The van der Waals surface area contributed by atoms with Crippen LogP contribution in [0.1, 0.15) is 49.1 Å². The van der Waals surface area contributed by atoms with Crippen LogP contribution in [0.4, 0.5) is 0 Å². The van der Waals surface area contributed by atoms with Gasteiger partial charge in [-0.3, -0.25) is 4.79 Å². The van der Waals surface area contributed by atoms with Crippen molar-refractivity contribution in [2.24, 2.45) is 0 Å². The maximum Gasteiger partial charge on any atom is 0.310 e. The number of aromatic nitrogens is 4. The van der Waals surface area contributed by atoms with Crippen molar-refractivity contribution in [3.8, 4) is 0 Å². The fraction of sp³-hybridized carbons (Fsp3) is 0.625. The van der Waals surface area contributed by atoms with Gasteiger partial charge in [0.25, 0.3) is 5.78 Å². The highest BCUT2D eigenvalue weighted by atomic mass is 32.2. The highest BCUT2D eigenvalue weighted by Crippen LogP contribution is 2.22. The van der Waals surface area contributed by atoms with Crippen molar-refractivity contribution in [3.05, 3.63) is 17.0 Å². The number of hydrogen-bond acceptors (Lipinski definition) is 6. The minimum atomic E-state index is -0.172. The van der Waals surface area contributed by atoms with Crippen molar-refractivity contribution in [1.29, 1.82) is 0 Å². The van der Waals surface area contributed by atoms with E-state index in [4.69, 9.17) is 4.74 Å². The summed E-state index contributed by atoms with van der Waals surface area (Å²) in [5.74, 6) is 0.406. The van der Waals surface area contributed by atoms with Gasteiger partial charge >= 0.3 is 5.97 Å². The van der Waals surface area contributed by atoms with Gasteiger partial charge in [-0.15, -0.1) is 5.10 Å². The summed E-state index contributed by atoms with van der Waals surface area (Å²) in [4.78, 5) is 21.1. The van der Waals surface area contributed by atoms with E-state index < -0.39 is 0 Å². The predicted molar refractivity (Wildman–Crippen MR) is 88.7 cm³/mol. The second kappa shape index (κ2) is 6.86. The van der Waals surface area contributed by atoms with Crippen molar-refractivity contribution in [2.75, 3.05) is 6.26 Å². The van der Waals surface area contributed by atoms with Crippen molar-refractivity contribution in [3.63, 3.8) is 0 Å². The second-order valence-electron chi connectivity index (χ2n) is 6.00. The SMILES string of the molecule is CSc1nc2nc(C)c(CC(=O)OC3CCCCC3)c(C)n2n1. The van der Waals surface area contributed by atoms with Crippen LogP contribution in [0.2, 0.25) is 0 Å². The Labute approximate surface area is 140 Å². The Morgan fingerprint density at radius 3 is 2.70 bits per heavy atom. The van der Waals surface area contributed by atoms with Crippen molar-refractivity contribution in [2.45, 2.75) is 63.6 Å². The van der Waals surface area contributed by atoms with Gasteiger partial charge in [-0.1, -0.05) is 18.2 Å². The summed E-state index contributed by atoms with van der Waals surface area (Å²) < 4.78 is 7.34. The number of hydrogen-bond donors (Lipinski definition) is 0. The first kappa shape index (κ1) is 16.2. The summed E-state index contributed by atoms with van der Waals surface area (Å²) in [6, 6.07) is 0. The molecule has 0 unspecified atom stereocenters. The number of rotatable bonds is 4. The normalized spacial score (nSPS) is 16.0. The number of carbonyl (C=O) groups excluding carboxylic acids is 1. The zero-order valence-electron chi connectivity index (χ0n) is 13.8. The van der Waals surface area contributed by atoms with Gasteiger partial charge in [-0.25, -0.2) is 9.50 Å². The highest BCUT2D eigenvalue weighted by Gasteiger charge is 2.20. The average Bonchev–Trinajstić information content (AvgIpc) is 2.95. The zero-order chi connectivity index (χ0) is 16.4. The molecule has 6 nitrogen and oxygen atoms in total. The van der Waals surface area contributed by atoms with Gasteiger partial charge in [0.1, 0.15) is 6.10 Å². The van der Waals surface area contributed by atoms with Crippen molar-refractivity contribution in [1.82, 2.24) is 19.6 Å². The maximum absolute atomic E-state index is 12.3. The third-order valence-electron chi connectivity index (χ3n) is 4.38. The minimum Gasteiger partial charge on any atom is -0.462 e. The maximum atomic E-state index is 12.3. The van der Waals surface area contributed by atoms with E-state index in [1.165, 1.54) is 18.2 Å². The molecule has 1 fully saturated rings. The number of aryl methyl sites for hydroxylation is 2. The molecule has 1 aliphatic carbocycles. The lowest BCUT2D eigenvalue weighted by Gasteiger charge is -2.22. The van der Waals surface area contributed by atoms with E-state index in [1.54, 1.807) is 4.52 Å². The molecule has 0 spiro atoms.